The predicted molar refractivity (Wildman–Crippen MR) is 89.9 cm³/mol. The third kappa shape index (κ3) is 6.09. The Balaban J connectivity index is 2.83. The van der Waals surface area contributed by atoms with E-state index >= 15 is 0 Å². The molecule has 0 radical (unpaired) electrons. The van der Waals surface area contributed by atoms with Crippen LogP contribution in [0.3, 0.4) is 0 Å². The summed E-state index contributed by atoms with van der Waals surface area (Å²) in [4.78, 5) is 0. The molecule has 2 nitrogen and oxygen atoms in total. The van der Waals surface area contributed by atoms with Crippen molar-refractivity contribution in [1.82, 2.24) is 0 Å². The topological polar surface area (TPSA) is 29.5 Å². The molecule has 0 unspecified atom stereocenters. The molecule has 0 bridgehead atoms. The van der Waals surface area contributed by atoms with Crippen LogP contribution in [0.2, 0.25) is 0 Å². The van der Waals surface area contributed by atoms with Crippen LogP contribution in [0.5, 0.6) is 5.75 Å². The van der Waals surface area contributed by atoms with Crippen LogP contribution >= 0.6 is 0 Å². The maximum Gasteiger partial charge on any atom is 0.120 e. The Morgan fingerprint density at radius 2 is 1.43 bits per heavy atom. The molecule has 2 heteroatoms. The molecule has 0 aliphatic rings. The zero-order valence-electron chi connectivity index (χ0n) is 14.8. The van der Waals surface area contributed by atoms with Gasteiger partial charge < -0.3 is 9.84 Å². The standard InChI is InChI=1S/C19H32O2/c1-17(2,3)14-18(4,5)15-8-10-16(11-9-15)21-19(6,7)12-13-20/h8-11,20H,12-14H2,1-7H3. The Bertz CT molecular complexity index is 436. The van der Waals surface area contributed by atoms with Crippen LogP contribution in [-0.4, -0.2) is 17.3 Å². The smallest absolute Gasteiger partial charge is 0.120 e. The summed E-state index contributed by atoms with van der Waals surface area (Å²) in [5.41, 5.74) is 1.46. The van der Waals surface area contributed by atoms with Crippen LogP contribution in [0.1, 0.15) is 66.9 Å². The fraction of sp³-hybridized carbons (Fsp3) is 0.684. The normalized spacial score (nSPS) is 13.3. The van der Waals surface area contributed by atoms with Gasteiger partial charge in [-0.25, -0.2) is 0 Å². The van der Waals surface area contributed by atoms with E-state index in [1.165, 1.54) is 5.56 Å². The number of ether oxygens (including phenoxy) is 1. The van der Waals surface area contributed by atoms with E-state index in [-0.39, 0.29) is 17.6 Å². The van der Waals surface area contributed by atoms with Gasteiger partial charge in [0.1, 0.15) is 11.4 Å². The Hall–Kier alpha value is -1.02. The molecule has 0 aliphatic heterocycles. The third-order valence-electron chi connectivity index (χ3n) is 3.72. The van der Waals surface area contributed by atoms with Gasteiger partial charge in [0.25, 0.3) is 0 Å². The largest absolute Gasteiger partial charge is 0.488 e. The molecule has 120 valence electrons. The minimum absolute atomic E-state index is 0.143. The highest BCUT2D eigenvalue weighted by atomic mass is 16.5. The Kier molecular flexibility index (Phi) is 5.49. The SMILES string of the molecule is CC(C)(C)CC(C)(C)c1ccc(OC(C)(C)CCO)cc1. The van der Waals surface area contributed by atoms with Crippen molar-refractivity contribution < 1.29 is 9.84 Å². The molecule has 0 spiro atoms. The van der Waals surface area contributed by atoms with Crippen molar-refractivity contribution >= 4 is 0 Å². The molecule has 0 aromatic heterocycles. The molecule has 1 N–H and O–H groups in total. The average molecular weight is 292 g/mol. The first-order valence-electron chi connectivity index (χ1n) is 7.86. The summed E-state index contributed by atoms with van der Waals surface area (Å²) in [6.45, 7) is 15.6. The van der Waals surface area contributed by atoms with E-state index in [0.717, 1.165) is 12.2 Å². The van der Waals surface area contributed by atoms with Crippen molar-refractivity contribution in [2.45, 2.75) is 72.3 Å². The lowest BCUT2D eigenvalue weighted by atomic mass is 9.72. The van der Waals surface area contributed by atoms with E-state index in [4.69, 9.17) is 9.84 Å². The van der Waals surface area contributed by atoms with Gasteiger partial charge in [-0.05, 0) is 48.8 Å². The number of hydrogen-bond acceptors (Lipinski definition) is 2. The quantitative estimate of drug-likeness (QED) is 0.804. The number of benzene rings is 1. The van der Waals surface area contributed by atoms with Gasteiger partial charge in [0, 0.05) is 13.0 Å². The number of aliphatic hydroxyl groups excluding tert-OH is 1. The van der Waals surface area contributed by atoms with Crippen molar-refractivity contribution in [3.05, 3.63) is 29.8 Å². The highest BCUT2D eigenvalue weighted by Crippen LogP contribution is 2.36. The van der Waals surface area contributed by atoms with Crippen LogP contribution in [0.4, 0.5) is 0 Å². The van der Waals surface area contributed by atoms with Crippen LogP contribution < -0.4 is 4.74 Å². The Morgan fingerprint density at radius 3 is 1.86 bits per heavy atom. The lowest BCUT2D eigenvalue weighted by Gasteiger charge is -2.33. The predicted octanol–water partition coefficient (Wildman–Crippen LogP) is 4.94. The molecule has 0 amide bonds. The second kappa shape index (κ2) is 6.39. The Morgan fingerprint density at radius 1 is 0.905 bits per heavy atom. The van der Waals surface area contributed by atoms with E-state index < -0.39 is 0 Å². The van der Waals surface area contributed by atoms with Crippen LogP contribution in [-0.2, 0) is 5.41 Å². The van der Waals surface area contributed by atoms with Gasteiger partial charge >= 0.3 is 0 Å². The van der Waals surface area contributed by atoms with Gasteiger partial charge in [-0.3, -0.25) is 0 Å². The van der Waals surface area contributed by atoms with Crippen molar-refractivity contribution in [2.75, 3.05) is 6.61 Å². The summed E-state index contributed by atoms with van der Waals surface area (Å²) in [5, 5.41) is 9.06. The van der Waals surface area contributed by atoms with Gasteiger partial charge in [0.15, 0.2) is 0 Å². The zero-order chi connectivity index (χ0) is 16.3. The molecule has 1 aromatic rings. The summed E-state index contributed by atoms with van der Waals surface area (Å²) in [7, 11) is 0. The van der Waals surface area contributed by atoms with Gasteiger partial charge in [-0.2, -0.15) is 0 Å². The molecule has 1 rings (SSSR count). The van der Waals surface area contributed by atoms with E-state index in [1.54, 1.807) is 0 Å². The molecule has 0 fully saturated rings. The molecule has 21 heavy (non-hydrogen) atoms. The Labute approximate surface area is 130 Å². The van der Waals surface area contributed by atoms with E-state index in [9.17, 15) is 0 Å². The maximum absolute atomic E-state index is 9.06. The summed E-state index contributed by atoms with van der Waals surface area (Å²) in [6, 6.07) is 8.41. The second-order valence-electron chi connectivity index (χ2n) is 8.48. The summed E-state index contributed by atoms with van der Waals surface area (Å²) in [5.74, 6) is 0.865. The van der Waals surface area contributed by atoms with Gasteiger partial charge in [0.05, 0.1) is 0 Å². The summed E-state index contributed by atoms with van der Waals surface area (Å²) < 4.78 is 5.95. The van der Waals surface area contributed by atoms with Crippen molar-refractivity contribution in [1.29, 1.82) is 0 Å². The van der Waals surface area contributed by atoms with E-state index in [1.807, 2.05) is 26.0 Å². The minimum Gasteiger partial charge on any atom is -0.488 e. The van der Waals surface area contributed by atoms with Gasteiger partial charge in [-0.1, -0.05) is 46.8 Å². The number of aliphatic hydroxyl groups is 1. The molecule has 0 heterocycles. The van der Waals surface area contributed by atoms with Crippen LogP contribution in [0.15, 0.2) is 24.3 Å². The van der Waals surface area contributed by atoms with Gasteiger partial charge in [0.2, 0.25) is 0 Å². The average Bonchev–Trinajstić information content (AvgIpc) is 2.25. The fourth-order valence-corrected chi connectivity index (χ4v) is 3.04. The molecule has 0 saturated carbocycles. The highest BCUT2D eigenvalue weighted by Gasteiger charge is 2.27. The molecule has 0 aliphatic carbocycles. The maximum atomic E-state index is 9.06. The lowest BCUT2D eigenvalue weighted by Crippen LogP contribution is -2.29. The third-order valence-corrected chi connectivity index (χ3v) is 3.72. The van der Waals surface area contributed by atoms with Crippen LogP contribution in [0, 0.1) is 5.41 Å². The summed E-state index contributed by atoms with van der Waals surface area (Å²) >= 11 is 0. The molecule has 0 atom stereocenters. The first kappa shape index (κ1) is 18.0. The second-order valence-corrected chi connectivity index (χ2v) is 8.48. The first-order chi connectivity index (χ1) is 9.45. The molecule has 0 saturated heterocycles. The molecular weight excluding hydrogens is 260 g/mol. The van der Waals surface area contributed by atoms with Crippen molar-refractivity contribution in [3.8, 4) is 5.75 Å². The minimum atomic E-state index is -0.336. The van der Waals surface area contributed by atoms with E-state index in [2.05, 4.69) is 46.8 Å². The number of rotatable bonds is 6. The van der Waals surface area contributed by atoms with Gasteiger partial charge in [-0.15, -0.1) is 0 Å². The highest BCUT2D eigenvalue weighted by molar-refractivity contribution is 5.32. The first-order valence-corrected chi connectivity index (χ1v) is 7.86. The lowest BCUT2D eigenvalue weighted by molar-refractivity contribution is 0.0765. The molecule has 1 aromatic carbocycles. The monoisotopic (exact) mass is 292 g/mol. The van der Waals surface area contributed by atoms with E-state index in [0.29, 0.717) is 11.8 Å². The fourth-order valence-electron chi connectivity index (χ4n) is 3.04. The van der Waals surface area contributed by atoms with Crippen molar-refractivity contribution in [2.24, 2.45) is 5.41 Å². The summed E-state index contributed by atoms with van der Waals surface area (Å²) in [6.07, 6.45) is 1.76. The van der Waals surface area contributed by atoms with Crippen LogP contribution in [0.25, 0.3) is 0 Å². The molecular formula is C19H32O2. The number of hydrogen-bond donors (Lipinski definition) is 1. The van der Waals surface area contributed by atoms with Crippen molar-refractivity contribution in [3.63, 3.8) is 0 Å². The zero-order valence-corrected chi connectivity index (χ0v) is 14.8.